The lowest BCUT2D eigenvalue weighted by atomic mass is 9.84. The Morgan fingerprint density at radius 1 is 1.35 bits per heavy atom. The first kappa shape index (κ1) is 18.9. The van der Waals surface area contributed by atoms with Gasteiger partial charge in [-0.25, -0.2) is 13.1 Å². The number of carbonyl (C=O) groups excluding carboxylic acids is 1. The third kappa shape index (κ3) is 3.94. The fraction of sp³-hybridized carbons (Fsp3) is 0.588. The molecular formula is C17H25N3O5S. The van der Waals surface area contributed by atoms with E-state index in [0.29, 0.717) is 11.4 Å². The number of carbonyl (C=O) groups is 1. The Hall–Kier alpha value is -1.84. The summed E-state index contributed by atoms with van der Waals surface area (Å²) in [6, 6.07) is 2.52. The van der Waals surface area contributed by atoms with Crippen LogP contribution >= 0.6 is 0 Å². The molecule has 1 aromatic carbocycles. The van der Waals surface area contributed by atoms with Crippen LogP contribution in [0.2, 0.25) is 0 Å². The molecule has 4 N–H and O–H groups in total. The molecule has 26 heavy (non-hydrogen) atoms. The van der Waals surface area contributed by atoms with E-state index in [0.717, 1.165) is 25.7 Å². The monoisotopic (exact) mass is 383 g/mol. The zero-order chi connectivity index (χ0) is 18.7. The van der Waals surface area contributed by atoms with Crippen molar-refractivity contribution < 1.29 is 22.7 Å². The number of methoxy groups -OCH3 is 1. The van der Waals surface area contributed by atoms with Crippen molar-refractivity contribution in [3.8, 4) is 11.5 Å². The molecule has 1 aliphatic carbocycles. The average Bonchev–Trinajstić information content (AvgIpc) is 2.65. The molecule has 1 amide bonds. The quantitative estimate of drug-likeness (QED) is 0.679. The molecule has 9 heteroatoms. The molecule has 0 bridgehead atoms. The van der Waals surface area contributed by atoms with Gasteiger partial charge in [0, 0.05) is 24.7 Å². The van der Waals surface area contributed by atoms with Crippen molar-refractivity contribution in [2.45, 2.75) is 43.0 Å². The lowest BCUT2D eigenvalue weighted by Crippen LogP contribution is -2.45. The van der Waals surface area contributed by atoms with Crippen LogP contribution in [-0.2, 0) is 14.8 Å². The molecule has 144 valence electrons. The summed E-state index contributed by atoms with van der Waals surface area (Å²) in [5.74, 6) is 0.380. The number of hydrogen-bond acceptors (Lipinski definition) is 6. The maximum atomic E-state index is 13.0. The standard InChI is InChI=1S/C17H25N3O5S/c1-24-15-7-12-14(25-10-17(21)19-12)8-16(15)26(22,23)20-13(9-18)11-5-3-2-4-6-11/h7-8,11,13,20H,2-6,9-10,18H2,1H3,(H,19,21). The van der Waals surface area contributed by atoms with Gasteiger partial charge in [0.05, 0.1) is 12.8 Å². The molecule has 0 saturated heterocycles. The average molecular weight is 383 g/mol. The van der Waals surface area contributed by atoms with E-state index in [1.165, 1.54) is 25.7 Å². The number of benzene rings is 1. The van der Waals surface area contributed by atoms with Gasteiger partial charge in [0.25, 0.3) is 5.91 Å². The summed E-state index contributed by atoms with van der Waals surface area (Å²) in [7, 11) is -2.48. The molecule has 0 aromatic heterocycles. The van der Waals surface area contributed by atoms with Crippen LogP contribution in [0.4, 0.5) is 5.69 Å². The van der Waals surface area contributed by atoms with Crippen LogP contribution in [0.1, 0.15) is 32.1 Å². The summed E-state index contributed by atoms with van der Waals surface area (Å²) in [6.07, 6.45) is 5.32. The lowest BCUT2D eigenvalue weighted by molar-refractivity contribution is -0.118. The highest BCUT2D eigenvalue weighted by Gasteiger charge is 2.31. The van der Waals surface area contributed by atoms with Crippen LogP contribution in [0.5, 0.6) is 11.5 Å². The predicted octanol–water partition coefficient (Wildman–Crippen LogP) is 1.21. The molecule has 0 radical (unpaired) electrons. The number of rotatable bonds is 6. The SMILES string of the molecule is COc1cc2c(cc1S(=O)(=O)NC(CN)C1CCCCC1)OCC(=O)N2. The Kier molecular flexibility index (Phi) is 5.69. The van der Waals surface area contributed by atoms with Crippen molar-refractivity contribution in [2.24, 2.45) is 11.7 Å². The summed E-state index contributed by atoms with van der Waals surface area (Å²) in [5, 5.41) is 2.64. The van der Waals surface area contributed by atoms with Crippen LogP contribution < -0.4 is 25.2 Å². The Labute approximate surface area is 153 Å². The Bertz CT molecular complexity index is 775. The van der Waals surface area contributed by atoms with Gasteiger partial charge in [-0.15, -0.1) is 0 Å². The summed E-state index contributed by atoms with van der Waals surface area (Å²) >= 11 is 0. The summed E-state index contributed by atoms with van der Waals surface area (Å²) in [5.41, 5.74) is 6.24. The first-order chi connectivity index (χ1) is 12.4. The van der Waals surface area contributed by atoms with E-state index in [4.69, 9.17) is 15.2 Å². The van der Waals surface area contributed by atoms with Gasteiger partial charge >= 0.3 is 0 Å². The van der Waals surface area contributed by atoms with Gasteiger partial charge in [-0.2, -0.15) is 0 Å². The molecule has 1 aliphatic heterocycles. The lowest BCUT2D eigenvalue weighted by Gasteiger charge is -2.30. The van der Waals surface area contributed by atoms with Crippen molar-refractivity contribution in [3.05, 3.63) is 12.1 Å². The minimum atomic E-state index is -3.86. The predicted molar refractivity (Wildman–Crippen MR) is 96.9 cm³/mol. The number of amides is 1. The molecular weight excluding hydrogens is 358 g/mol. The molecule has 1 saturated carbocycles. The molecule has 8 nitrogen and oxygen atoms in total. The van der Waals surface area contributed by atoms with Crippen LogP contribution in [0, 0.1) is 5.92 Å². The third-order valence-electron chi connectivity index (χ3n) is 4.97. The number of anilines is 1. The highest BCUT2D eigenvalue weighted by molar-refractivity contribution is 7.89. The second-order valence-corrected chi connectivity index (χ2v) is 8.38. The van der Waals surface area contributed by atoms with E-state index in [1.807, 2.05) is 0 Å². The molecule has 1 aromatic rings. The summed E-state index contributed by atoms with van der Waals surface area (Å²) in [4.78, 5) is 11.4. The van der Waals surface area contributed by atoms with E-state index in [9.17, 15) is 13.2 Å². The molecule has 0 spiro atoms. The second kappa shape index (κ2) is 7.81. The number of ether oxygens (including phenoxy) is 2. The fourth-order valence-corrected chi connectivity index (χ4v) is 5.08. The minimum absolute atomic E-state index is 0.0239. The highest BCUT2D eigenvalue weighted by Crippen LogP contribution is 2.37. The number of sulfonamides is 1. The van der Waals surface area contributed by atoms with Crippen LogP contribution in [0.15, 0.2) is 17.0 Å². The van der Waals surface area contributed by atoms with Gasteiger partial charge in [0.15, 0.2) is 6.61 Å². The van der Waals surface area contributed by atoms with E-state index >= 15 is 0 Å². The zero-order valence-corrected chi connectivity index (χ0v) is 15.6. The van der Waals surface area contributed by atoms with Crippen molar-refractivity contribution in [3.63, 3.8) is 0 Å². The van der Waals surface area contributed by atoms with Crippen molar-refractivity contribution >= 4 is 21.6 Å². The summed E-state index contributed by atoms with van der Waals surface area (Å²) in [6.45, 7) is 0.0868. The van der Waals surface area contributed by atoms with Crippen molar-refractivity contribution in [1.82, 2.24) is 4.72 Å². The maximum absolute atomic E-state index is 13.0. The first-order valence-corrected chi connectivity index (χ1v) is 10.3. The van der Waals surface area contributed by atoms with Gasteiger partial charge < -0.3 is 20.5 Å². The van der Waals surface area contributed by atoms with Crippen LogP contribution in [0.25, 0.3) is 0 Å². The highest BCUT2D eigenvalue weighted by atomic mass is 32.2. The zero-order valence-electron chi connectivity index (χ0n) is 14.8. The Balaban J connectivity index is 1.89. The van der Waals surface area contributed by atoms with Crippen molar-refractivity contribution in [2.75, 3.05) is 25.6 Å². The largest absolute Gasteiger partial charge is 0.495 e. The number of nitrogens with one attached hydrogen (secondary N) is 2. The van der Waals surface area contributed by atoms with E-state index in [1.54, 1.807) is 0 Å². The van der Waals surface area contributed by atoms with Gasteiger partial charge in [-0.05, 0) is 18.8 Å². The van der Waals surface area contributed by atoms with Gasteiger partial charge in [0.1, 0.15) is 16.4 Å². The van der Waals surface area contributed by atoms with Crippen LogP contribution in [0.3, 0.4) is 0 Å². The Morgan fingerprint density at radius 2 is 2.08 bits per heavy atom. The minimum Gasteiger partial charge on any atom is -0.495 e. The molecule has 1 heterocycles. The maximum Gasteiger partial charge on any atom is 0.262 e. The van der Waals surface area contributed by atoms with E-state index in [2.05, 4.69) is 10.0 Å². The Morgan fingerprint density at radius 3 is 2.73 bits per heavy atom. The number of nitrogens with two attached hydrogens (primary N) is 1. The van der Waals surface area contributed by atoms with Crippen molar-refractivity contribution in [1.29, 1.82) is 0 Å². The smallest absolute Gasteiger partial charge is 0.262 e. The van der Waals surface area contributed by atoms with Gasteiger partial charge in [-0.1, -0.05) is 19.3 Å². The van der Waals surface area contributed by atoms with E-state index < -0.39 is 10.0 Å². The molecule has 1 fully saturated rings. The molecule has 1 unspecified atom stereocenters. The number of fused-ring (bicyclic) bond motifs is 1. The topological polar surface area (TPSA) is 120 Å². The van der Waals surface area contributed by atoms with Crippen LogP contribution in [-0.4, -0.2) is 40.6 Å². The fourth-order valence-electron chi connectivity index (χ4n) is 3.59. The van der Waals surface area contributed by atoms with Gasteiger partial charge in [0.2, 0.25) is 10.0 Å². The molecule has 1 atom stereocenters. The third-order valence-corrected chi connectivity index (χ3v) is 6.48. The second-order valence-electron chi connectivity index (χ2n) is 6.70. The van der Waals surface area contributed by atoms with Gasteiger partial charge in [-0.3, -0.25) is 4.79 Å². The summed E-state index contributed by atoms with van der Waals surface area (Å²) < 4.78 is 39.3. The number of hydrogen-bond donors (Lipinski definition) is 3. The first-order valence-electron chi connectivity index (χ1n) is 8.81. The molecule has 2 aliphatic rings. The van der Waals surface area contributed by atoms with E-state index in [-0.39, 0.29) is 41.7 Å². The normalized spacial score (nSPS) is 19.2. The molecule has 3 rings (SSSR count).